The highest BCUT2D eigenvalue weighted by Crippen LogP contribution is 2.27. The van der Waals surface area contributed by atoms with E-state index in [2.05, 4.69) is 25.2 Å². The van der Waals surface area contributed by atoms with Crippen LogP contribution in [0.2, 0.25) is 0 Å². The van der Waals surface area contributed by atoms with E-state index in [-0.39, 0.29) is 6.10 Å². The zero-order chi connectivity index (χ0) is 13.1. The van der Waals surface area contributed by atoms with E-state index in [0.717, 1.165) is 24.2 Å². The van der Waals surface area contributed by atoms with E-state index in [1.807, 2.05) is 25.1 Å². The van der Waals surface area contributed by atoms with E-state index in [1.54, 1.807) is 0 Å². The molecule has 1 aliphatic carbocycles. The van der Waals surface area contributed by atoms with E-state index in [4.69, 9.17) is 10.00 Å². The number of aryl methyl sites for hydroxylation is 1. The van der Waals surface area contributed by atoms with Crippen LogP contribution in [0.3, 0.4) is 0 Å². The maximum Gasteiger partial charge on any atom is 0.121 e. The normalized spacial score (nSPS) is 22.4. The van der Waals surface area contributed by atoms with Gasteiger partial charge in [-0.2, -0.15) is 5.26 Å². The maximum absolute atomic E-state index is 8.97. The first-order chi connectivity index (χ1) is 8.58. The van der Waals surface area contributed by atoms with E-state index < -0.39 is 0 Å². The molecule has 2 rings (SSSR count). The Morgan fingerprint density at radius 2 is 2.11 bits per heavy atom. The Labute approximate surface area is 109 Å². The molecular weight excluding hydrogens is 224 g/mol. The minimum Gasteiger partial charge on any atom is -0.490 e. The molecule has 1 N–H and O–H groups in total. The predicted octanol–water partition coefficient (Wildman–Crippen LogP) is 2.77. The Kier molecular flexibility index (Phi) is 3.88. The largest absolute Gasteiger partial charge is 0.490 e. The van der Waals surface area contributed by atoms with Crippen LogP contribution < -0.4 is 10.1 Å². The van der Waals surface area contributed by atoms with Gasteiger partial charge in [-0.25, -0.2) is 0 Å². The molecule has 1 fully saturated rings. The summed E-state index contributed by atoms with van der Waals surface area (Å²) in [6.45, 7) is 6.26. The highest BCUT2D eigenvalue weighted by molar-refractivity contribution is 5.42. The standard InChI is InChI=1S/C15H20N2O/c1-10(2)17-13-7-15(8-13)18-14-5-4-11(3)12(6-14)9-16/h4-6,10,13,15,17H,7-8H2,1-3H3. The Morgan fingerprint density at radius 3 is 2.72 bits per heavy atom. The highest BCUT2D eigenvalue weighted by Gasteiger charge is 2.30. The van der Waals surface area contributed by atoms with Gasteiger partial charge in [-0.3, -0.25) is 0 Å². The molecule has 18 heavy (non-hydrogen) atoms. The lowest BCUT2D eigenvalue weighted by molar-refractivity contribution is 0.0815. The molecule has 1 aromatic carbocycles. The van der Waals surface area contributed by atoms with E-state index in [0.29, 0.717) is 17.6 Å². The molecule has 0 heterocycles. The minimum atomic E-state index is 0.287. The van der Waals surface area contributed by atoms with Gasteiger partial charge in [-0.15, -0.1) is 0 Å². The molecule has 3 heteroatoms. The van der Waals surface area contributed by atoms with Crippen molar-refractivity contribution < 1.29 is 4.74 Å². The summed E-state index contributed by atoms with van der Waals surface area (Å²) in [7, 11) is 0. The number of ether oxygens (including phenoxy) is 1. The molecule has 1 saturated carbocycles. The third kappa shape index (κ3) is 3.02. The first kappa shape index (κ1) is 12.9. The van der Waals surface area contributed by atoms with Gasteiger partial charge in [0.2, 0.25) is 0 Å². The van der Waals surface area contributed by atoms with Crippen molar-refractivity contribution in [2.75, 3.05) is 0 Å². The summed E-state index contributed by atoms with van der Waals surface area (Å²) < 4.78 is 5.87. The van der Waals surface area contributed by atoms with E-state index in [1.165, 1.54) is 0 Å². The van der Waals surface area contributed by atoms with Crippen molar-refractivity contribution in [1.29, 1.82) is 5.26 Å². The molecule has 0 radical (unpaired) electrons. The Bertz CT molecular complexity index is 456. The average molecular weight is 244 g/mol. The molecule has 1 aromatic rings. The molecule has 0 unspecified atom stereocenters. The molecule has 96 valence electrons. The molecule has 0 aromatic heterocycles. The minimum absolute atomic E-state index is 0.287. The third-order valence-electron chi connectivity index (χ3n) is 3.30. The quantitative estimate of drug-likeness (QED) is 0.885. The first-order valence-corrected chi connectivity index (χ1v) is 6.52. The van der Waals surface area contributed by atoms with Crippen LogP contribution in [0.25, 0.3) is 0 Å². The summed E-state index contributed by atoms with van der Waals surface area (Å²) in [4.78, 5) is 0. The van der Waals surface area contributed by atoms with Crippen LogP contribution in [0.1, 0.15) is 37.8 Å². The second-order valence-corrected chi connectivity index (χ2v) is 5.32. The summed E-state index contributed by atoms with van der Waals surface area (Å²) in [5.74, 6) is 0.810. The van der Waals surface area contributed by atoms with Crippen LogP contribution in [0.5, 0.6) is 5.75 Å². The fourth-order valence-electron chi connectivity index (χ4n) is 2.26. The summed E-state index contributed by atoms with van der Waals surface area (Å²) in [5, 5.41) is 12.5. The molecule has 0 amide bonds. The third-order valence-corrected chi connectivity index (χ3v) is 3.30. The summed E-state index contributed by atoms with van der Waals surface area (Å²) in [5.41, 5.74) is 1.70. The van der Waals surface area contributed by atoms with E-state index in [9.17, 15) is 0 Å². The summed E-state index contributed by atoms with van der Waals surface area (Å²) >= 11 is 0. The van der Waals surface area contributed by atoms with E-state index >= 15 is 0 Å². The zero-order valence-electron chi connectivity index (χ0n) is 11.2. The first-order valence-electron chi connectivity index (χ1n) is 6.52. The van der Waals surface area contributed by atoms with Crippen molar-refractivity contribution in [2.45, 2.75) is 51.8 Å². The van der Waals surface area contributed by atoms with Gasteiger partial charge in [-0.05, 0) is 37.5 Å². The number of rotatable bonds is 4. The average Bonchev–Trinajstić information content (AvgIpc) is 2.28. The van der Waals surface area contributed by atoms with Gasteiger partial charge in [-0.1, -0.05) is 19.9 Å². The van der Waals surface area contributed by atoms with Gasteiger partial charge in [0.15, 0.2) is 0 Å². The molecule has 0 spiro atoms. The van der Waals surface area contributed by atoms with Gasteiger partial charge in [0, 0.05) is 12.1 Å². The van der Waals surface area contributed by atoms with Crippen molar-refractivity contribution in [3.8, 4) is 11.8 Å². The smallest absolute Gasteiger partial charge is 0.121 e. The predicted molar refractivity (Wildman–Crippen MR) is 71.6 cm³/mol. The van der Waals surface area contributed by atoms with Crippen molar-refractivity contribution in [3.63, 3.8) is 0 Å². The number of benzene rings is 1. The Morgan fingerprint density at radius 1 is 1.39 bits per heavy atom. The van der Waals surface area contributed by atoms with Gasteiger partial charge < -0.3 is 10.1 Å². The lowest BCUT2D eigenvalue weighted by Gasteiger charge is -2.37. The molecule has 0 bridgehead atoms. The van der Waals surface area contributed by atoms with Gasteiger partial charge in [0.25, 0.3) is 0 Å². The van der Waals surface area contributed by atoms with Crippen molar-refractivity contribution in [1.82, 2.24) is 5.32 Å². The molecule has 0 atom stereocenters. The molecule has 0 aliphatic heterocycles. The van der Waals surface area contributed by atoms with Crippen LogP contribution in [0, 0.1) is 18.3 Å². The fraction of sp³-hybridized carbons (Fsp3) is 0.533. The molecule has 3 nitrogen and oxygen atoms in total. The monoisotopic (exact) mass is 244 g/mol. The summed E-state index contributed by atoms with van der Waals surface area (Å²) in [6.07, 6.45) is 2.39. The zero-order valence-corrected chi connectivity index (χ0v) is 11.2. The lowest BCUT2D eigenvalue weighted by atomic mass is 9.88. The second-order valence-electron chi connectivity index (χ2n) is 5.32. The van der Waals surface area contributed by atoms with Crippen molar-refractivity contribution in [3.05, 3.63) is 29.3 Å². The molecular formula is C15H20N2O. The Balaban J connectivity index is 1.87. The number of nitrogens with zero attached hydrogens (tertiary/aromatic N) is 1. The van der Waals surface area contributed by atoms with Gasteiger partial charge in [0.05, 0.1) is 11.6 Å². The SMILES string of the molecule is Cc1ccc(OC2CC(NC(C)C)C2)cc1C#N. The number of hydrogen-bond donors (Lipinski definition) is 1. The highest BCUT2D eigenvalue weighted by atomic mass is 16.5. The molecule has 0 saturated heterocycles. The molecule has 1 aliphatic rings. The van der Waals surface area contributed by atoms with Crippen LogP contribution in [0.4, 0.5) is 0 Å². The van der Waals surface area contributed by atoms with Crippen LogP contribution in [0.15, 0.2) is 18.2 Å². The van der Waals surface area contributed by atoms with Crippen LogP contribution in [-0.4, -0.2) is 18.2 Å². The number of nitriles is 1. The second kappa shape index (κ2) is 5.41. The van der Waals surface area contributed by atoms with Crippen LogP contribution in [-0.2, 0) is 0 Å². The van der Waals surface area contributed by atoms with Crippen LogP contribution >= 0.6 is 0 Å². The van der Waals surface area contributed by atoms with Crippen molar-refractivity contribution in [2.24, 2.45) is 0 Å². The topological polar surface area (TPSA) is 45.0 Å². The van der Waals surface area contributed by atoms with Gasteiger partial charge in [0.1, 0.15) is 11.9 Å². The summed E-state index contributed by atoms with van der Waals surface area (Å²) in [6, 6.07) is 9.01. The maximum atomic E-state index is 8.97. The fourth-order valence-corrected chi connectivity index (χ4v) is 2.26. The lowest BCUT2D eigenvalue weighted by Crippen LogP contribution is -2.49. The Hall–Kier alpha value is -1.53. The number of hydrogen-bond acceptors (Lipinski definition) is 3. The van der Waals surface area contributed by atoms with Gasteiger partial charge >= 0.3 is 0 Å². The number of nitrogens with one attached hydrogen (secondary N) is 1. The van der Waals surface area contributed by atoms with Crippen molar-refractivity contribution >= 4 is 0 Å².